The van der Waals surface area contributed by atoms with E-state index in [1.165, 1.54) is 0 Å². The highest BCUT2D eigenvalue weighted by atomic mass is 35.7. The Labute approximate surface area is 49.5 Å². The second kappa shape index (κ2) is 4.68. The van der Waals surface area contributed by atoms with Gasteiger partial charge in [-0.25, -0.2) is 0 Å². The highest BCUT2D eigenvalue weighted by Gasteiger charge is 1.97. The molecule has 0 aliphatic heterocycles. The summed E-state index contributed by atoms with van der Waals surface area (Å²) in [5.74, 6) is 0.262. The van der Waals surface area contributed by atoms with Gasteiger partial charge in [0.1, 0.15) is 5.75 Å². The molecule has 0 aliphatic rings. The second-order valence-electron chi connectivity index (χ2n) is 1.04. The zero-order valence-corrected chi connectivity index (χ0v) is 5.27. The van der Waals surface area contributed by atoms with Gasteiger partial charge in [-0.3, -0.25) is 4.39 Å². The van der Waals surface area contributed by atoms with Crippen LogP contribution in [0.2, 0.25) is 0 Å². The van der Waals surface area contributed by atoms with Crippen molar-refractivity contribution in [1.29, 1.82) is 0 Å². The maximum atomic E-state index is 11.2. The van der Waals surface area contributed by atoms with Gasteiger partial charge in [-0.1, -0.05) is 0 Å². The van der Waals surface area contributed by atoms with E-state index in [4.69, 9.17) is 10.7 Å². The highest BCUT2D eigenvalue weighted by Crippen LogP contribution is 1.97. The molecule has 0 saturated heterocycles. The number of hydrogen-bond donors (Lipinski definition) is 0. The molecule has 4 heteroatoms. The van der Waals surface area contributed by atoms with Crippen molar-refractivity contribution in [3.8, 4) is 0 Å². The van der Waals surface area contributed by atoms with Crippen molar-refractivity contribution in [3.63, 3.8) is 0 Å². The van der Waals surface area contributed by atoms with E-state index in [1.54, 1.807) is 0 Å². The molecule has 0 saturated carbocycles. The van der Waals surface area contributed by atoms with Gasteiger partial charge in [0.25, 0.3) is 0 Å². The standard InChI is InChI=1S/C3H6ClFOS/c4-7(6)3-1-2-5/h1-3H2. The normalized spacial score (nSPS) is 14.1. The largest absolute Gasteiger partial charge is 0.599 e. The average Bonchev–Trinajstić information content (AvgIpc) is 1.61. The van der Waals surface area contributed by atoms with Crippen molar-refractivity contribution in [2.45, 2.75) is 6.42 Å². The van der Waals surface area contributed by atoms with Crippen LogP contribution < -0.4 is 0 Å². The molecule has 0 N–H and O–H groups in total. The third kappa shape index (κ3) is 6.53. The van der Waals surface area contributed by atoms with E-state index in [2.05, 4.69) is 0 Å². The fourth-order valence-electron chi connectivity index (χ4n) is 0.168. The summed E-state index contributed by atoms with van der Waals surface area (Å²) in [6, 6.07) is 0. The minimum atomic E-state index is -1.33. The Balaban J connectivity index is 2.68. The Morgan fingerprint density at radius 3 is 2.43 bits per heavy atom. The van der Waals surface area contributed by atoms with Gasteiger partial charge in [0.15, 0.2) is 10.7 Å². The summed E-state index contributed by atoms with van der Waals surface area (Å²) >= 11 is 0. The van der Waals surface area contributed by atoms with Crippen molar-refractivity contribution in [3.05, 3.63) is 0 Å². The van der Waals surface area contributed by atoms with Gasteiger partial charge >= 0.3 is 0 Å². The molecular formula is C3H6ClFOS. The maximum absolute atomic E-state index is 11.2. The second-order valence-corrected chi connectivity index (χ2v) is 3.06. The fourth-order valence-corrected chi connectivity index (χ4v) is 0.831. The molecule has 0 aromatic carbocycles. The molecule has 1 nitrogen and oxygen atoms in total. The van der Waals surface area contributed by atoms with E-state index in [0.29, 0.717) is 6.42 Å². The molecule has 1 atom stereocenters. The van der Waals surface area contributed by atoms with Crippen molar-refractivity contribution < 1.29 is 8.94 Å². The van der Waals surface area contributed by atoms with Crippen molar-refractivity contribution in [1.82, 2.24) is 0 Å². The topological polar surface area (TPSA) is 23.1 Å². The molecule has 0 fully saturated rings. The smallest absolute Gasteiger partial charge is 0.174 e. The van der Waals surface area contributed by atoms with Crippen LogP contribution in [0.5, 0.6) is 0 Å². The lowest BCUT2D eigenvalue weighted by Gasteiger charge is -1.94. The molecule has 0 radical (unpaired) electrons. The number of alkyl halides is 1. The van der Waals surface area contributed by atoms with E-state index in [0.717, 1.165) is 0 Å². The molecule has 0 spiro atoms. The number of halogens is 2. The first kappa shape index (κ1) is 7.53. The molecular weight excluding hydrogens is 139 g/mol. The van der Waals surface area contributed by atoms with E-state index >= 15 is 0 Å². The molecule has 7 heavy (non-hydrogen) atoms. The van der Waals surface area contributed by atoms with Crippen LogP contribution >= 0.6 is 10.7 Å². The number of rotatable bonds is 3. The van der Waals surface area contributed by atoms with E-state index in [1.807, 2.05) is 0 Å². The van der Waals surface area contributed by atoms with Crippen LogP contribution in [0.15, 0.2) is 0 Å². The van der Waals surface area contributed by atoms with E-state index in [9.17, 15) is 8.94 Å². The molecule has 0 rings (SSSR count). The highest BCUT2D eigenvalue weighted by molar-refractivity contribution is 8.13. The van der Waals surface area contributed by atoms with E-state index < -0.39 is 17.1 Å². The van der Waals surface area contributed by atoms with Gasteiger partial charge in [-0.05, 0) is 0 Å². The monoisotopic (exact) mass is 144 g/mol. The van der Waals surface area contributed by atoms with Crippen LogP contribution in [0, 0.1) is 0 Å². The molecule has 0 heterocycles. The molecule has 0 aromatic rings. The summed E-state index contributed by atoms with van der Waals surface area (Å²) in [6.07, 6.45) is 0.302. The van der Waals surface area contributed by atoms with Crippen molar-refractivity contribution in [2.75, 3.05) is 12.4 Å². The summed E-state index contributed by atoms with van der Waals surface area (Å²) in [5.41, 5.74) is 0. The molecule has 0 amide bonds. The van der Waals surface area contributed by atoms with Gasteiger partial charge in [0.2, 0.25) is 0 Å². The molecule has 0 bridgehead atoms. The Kier molecular flexibility index (Phi) is 5.04. The quantitative estimate of drug-likeness (QED) is 0.547. The lowest BCUT2D eigenvalue weighted by molar-refractivity contribution is 0.485. The molecule has 0 aromatic heterocycles. The predicted octanol–water partition coefficient (Wildman–Crippen LogP) is 1.25. The summed E-state index contributed by atoms with van der Waals surface area (Å²) in [6.45, 7) is -0.432. The minimum Gasteiger partial charge on any atom is -0.599 e. The Hall–Kier alpha value is 0.530. The van der Waals surface area contributed by atoms with Gasteiger partial charge in [-0.15, -0.1) is 0 Å². The Morgan fingerprint density at radius 2 is 2.29 bits per heavy atom. The zero-order valence-electron chi connectivity index (χ0n) is 3.69. The van der Waals surface area contributed by atoms with Crippen LogP contribution in [-0.2, 0) is 10.4 Å². The van der Waals surface area contributed by atoms with Gasteiger partial charge in [0.05, 0.1) is 17.1 Å². The fraction of sp³-hybridized carbons (Fsp3) is 1.00. The Bertz CT molecular complexity index is 43.9. The van der Waals surface area contributed by atoms with Crippen molar-refractivity contribution >= 4 is 21.1 Å². The van der Waals surface area contributed by atoms with E-state index in [-0.39, 0.29) is 5.75 Å². The first-order valence-corrected chi connectivity index (χ1v) is 4.02. The third-order valence-electron chi connectivity index (χ3n) is 0.438. The van der Waals surface area contributed by atoms with Gasteiger partial charge < -0.3 is 4.55 Å². The van der Waals surface area contributed by atoms with Crippen LogP contribution in [0.3, 0.4) is 0 Å². The summed E-state index contributed by atoms with van der Waals surface area (Å²) in [7, 11) is 3.63. The maximum Gasteiger partial charge on any atom is 0.174 e. The summed E-state index contributed by atoms with van der Waals surface area (Å²) in [5, 5.41) is 0. The van der Waals surface area contributed by atoms with Crippen LogP contribution in [-0.4, -0.2) is 17.0 Å². The SMILES string of the molecule is [O-][S+](Cl)CCCF. The minimum absolute atomic E-state index is 0.262. The predicted molar refractivity (Wildman–Crippen MR) is 29.5 cm³/mol. The van der Waals surface area contributed by atoms with Crippen LogP contribution in [0.1, 0.15) is 6.42 Å². The van der Waals surface area contributed by atoms with Gasteiger partial charge in [-0.2, -0.15) is 0 Å². The molecule has 44 valence electrons. The summed E-state index contributed by atoms with van der Waals surface area (Å²) in [4.78, 5) is 0. The van der Waals surface area contributed by atoms with Crippen molar-refractivity contribution in [2.24, 2.45) is 0 Å². The van der Waals surface area contributed by atoms with Gasteiger partial charge in [0, 0.05) is 6.42 Å². The molecule has 1 unspecified atom stereocenters. The third-order valence-corrected chi connectivity index (χ3v) is 1.51. The molecule has 0 aliphatic carbocycles. The lowest BCUT2D eigenvalue weighted by Crippen LogP contribution is -1.96. The summed E-state index contributed by atoms with van der Waals surface area (Å²) < 4.78 is 21.1. The zero-order chi connectivity index (χ0) is 5.70. The first-order chi connectivity index (χ1) is 3.27. The van der Waals surface area contributed by atoms with Crippen LogP contribution in [0.25, 0.3) is 0 Å². The number of hydrogen-bond acceptors (Lipinski definition) is 1. The first-order valence-electron chi connectivity index (χ1n) is 1.88. The average molecular weight is 145 g/mol. The lowest BCUT2D eigenvalue weighted by atomic mass is 10.6. The Morgan fingerprint density at radius 1 is 1.71 bits per heavy atom. The van der Waals surface area contributed by atoms with Crippen LogP contribution in [0.4, 0.5) is 4.39 Å².